The molecule has 0 unspecified atom stereocenters. The molecular weight excluding hydrogens is 370 g/mol. The molecule has 3 aromatic rings. The van der Waals surface area contributed by atoms with E-state index in [1.165, 1.54) is 24.1 Å². The predicted molar refractivity (Wildman–Crippen MR) is 121 cm³/mol. The van der Waals surface area contributed by atoms with Crippen molar-refractivity contribution in [2.75, 3.05) is 18.6 Å². The number of aromatic nitrogens is 1. The maximum Gasteiger partial charge on any atom is 0.129 e. The number of ether oxygens (including phenoxy) is 1. The van der Waals surface area contributed by atoms with Gasteiger partial charge in [0.15, 0.2) is 0 Å². The van der Waals surface area contributed by atoms with E-state index in [2.05, 4.69) is 71.7 Å². The van der Waals surface area contributed by atoms with Crippen LogP contribution in [0, 0.1) is 0 Å². The quantitative estimate of drug-likeness (QED) is 0.535. The van der Waals surface area contributed by atoms with Gasteiger partial charge in [-0.25, -0.2) is 0 Å². The lowest BCUT2D eigenvalue weighted by Gasteiger charge is -2.29. The van der Waals surface area contributed by atoms with Gasteiger partial charge in [0.05, 0.1) is 12.4 Å². The molecule has 2 heterocycles. The van der Waals surface area contributed by atoms with Gasteiger partial charge in [-0.2, -0.15) is 0 Å². The molecule has 0 bridgehead atoms. The van der Waals surface area contributed by atoms with Crippen molar-refractivity contribution in [3.05, 3.63) is 96.6 Å². The van der Waals surface area contributed by atoms with E-state index in [9.17, 15) is 0 Å². The zero-order valence-electron chi connectivity index (χ0n) is 17.4. The van der Waals surface area contributed by atoms with Crippen molar-refractivity contribution in [2.45, 2.75) is 31.1 Å². The van der Waals surface area contributed by atoms with Crippen LogP contribution in [-0.2, 0) is 5.41 Å². The zero-order chi connectivity index (χ0) is 20.4. The fraction of sp³-hybridized carbons (Fsp3) is 0.269. The van der Waals surface area contributed by atoms with E-state index in [0.717, 1.165) is 36.7 Å². The maximum atomic E-state index is 6.30. The Kier molecular flexibility index (Phi) is 4.91. The van der Waals surface area contributed by atoms with E-state index in [1.54, 1.807) is 0 Å². The highest BCUT2D eigenvalue weighted by atomic mass is 16.5. The van der Waals surface area contributed by atoms with Crippen LogP contribution in [0.3, 0.4) is 0 Å². The van der Waals surface area contributed by atoms with E-state index in [0.29, 0.717) is 0 Å². The van der Waals surface area contributed by atoms with Gasteiger partial charge in [-0.05, 0) is 54.8 Å². The van der Waals surface area contributed by atoms with Crippen LogP contribution in [0.5, 0.6) is 11.5 Å². The SMILES string of the molecule is CN1C=CN(c2cccc(Oc3cccc(C4(c5ccccn5)CCCC4)c3)c2)C1. The molecule has 4 heteroatoms. The highest BCUT2D eigenvalue weighted by Gasteiger charge is 2.38. The van der Waals surface area contributed by atoms with Gasteiger partial charge in [-0.3, -0.25) is 4.98 Å². The molecule has 30 heavy (non-hydrogen) atoms. The van der Waals surface area contributed by atoms with Gasteiger partial charge in [-0.1, -0.05) is 37.1 Å². The molecule has 4 nitrogen and oxygen atoms in total. The average molecular weight is 398 g/mol. The molecule has 1 aliphatic carbocycles. The van der Waals surface area contributed by atoms with Crippen LogP contribution in [0.25, 0.3) is 0 Å². The Morgan fingerprint density at radius 1 is 0.867 bits per heavy atom. The third-order valence-corrected chi connectivity index (χ3v) is 6.26. The molecule has 0 spiro atoms. The lowest BCUT2D eigenvalue weighted by Crippen LogP contribution is -2.25. The fourth-order valence-electron chi connectivity index (χ4n) is 4.73. The maximum absolute atomic E-state index is 6.30. The van der Waals surface area contributed by atoms with Crippen LogP contribution in [0.4, 0.5) is 5.69 Å². The second kappa shape index (κ2) is 7.86. The van der Waals surface area contributed by atoms with Gasteiger partial charge >= 0.3 is 0 Å². The van der Waals surface area contributed by atoms with Crippen LogP contribution in [0.1, 0.15) is 36.9 Å². The molecule has 2 aliphatic rings. The van der Waals surface area contributed by atoms with Gasteiger partial charge < -0.3 is 14.5 Å². The molecule has 152 valence electrons. The third-order valence-electron chi connectivity index (χ3n) is 6.26. The molecular formula is C26H27N3O. The lowest BCUT2D eigenvalue weighted by atomic mass is 9.75. The van der Waals surface area contributed by atoms with Crippen LogP contribution in [0.15, 0.2) is 85.3 Å². The Labute approximate surface area is 178 Å². The summed E-state index contributed by atoms with van der Waals surface area (Å²) in [4.78, 5) is 9.08. The molecule has 0 saturated heterocycles. The summed E-state index contributed by atoms with van der Waals surface area (Å²) < 4.78 is 6.30. The highest BCUT2D eigenvalue weighted by Crippen LogP contribution is 2.46. The second-order valence-electron chi connectivity index (χ2n) is 8.30. The van der Waals surface area contributed by atoms with Crippen molar-refractivity contribution >= 4 is 5.69 Å². The molecule has 1 aromatic heterocycles. The van der Waals surface area contributed by atoms with Crippen LogP contribution in [-0.4, -0.2) is 23.6 Å². The molecule has 0 N–H and O–H groups in total. The Morgan fingerprint density at radius 3 is 2.40 bits per heavy atom. The molecule has 0 atom stereocenters. The van der Waals surface area contributed by atoms with Gasteiger partial charge in [0.2, 0.25) is 0 Å². The third kappa shape index (κ3) is 3.54. The molecule has 0 radical (unpaired) electrons. The largest absolute Gasteiger partial charge is 0.457 e. The smallest absolute Gasteiger partial charge is 0.129 e. The summed E-state index contributed by atoms with van der Waals surface area (Å²) in [5.41, 5.74) is 3.60. The predicted octanol–water partition coefficient (Wildman–Crippen LogP) is 5.91. The summed E-state index contributed by atoms with van der Waals surface area (Å²) in [5, 5.41) is 0. The second-order valence-corrected chi connectivity index (χ2v) is 8.30. The Morgan fingerprint density at radius 2 is 1.67 bits per heavy atom. The van der Waals surface area contributed by atoms with Crippen LogP contribution in [0.2, 0.25) is 0 Å². The van der Waals surface area contributed by atoms with E-state index in [-0.39, 0.29) is 5.41 Å². The summed E-state index contributed by atoms with van der Waals surface area (Å²) in [7, 11) is 2.07. The zero-order valence-corrected chi connectivity index (χ0v) is 17.4. The summed E-state index contributed by atoms with van der Waals surface area (Å²) in [6, 6.07) is 23.1. The van der Waals surface area contributed by atoms with Crippen LogP contribution < -0.4 is 9.64 Å². The Bertz CT molecular complexity index is 1040. The first kappa shape index (κ1) is 18.7. The monoisotopic (exact) mass is 397 g/mol. The number of anilines is 1. The normalized spacial score (nSPS) is 17.5. The van der Waals surface area contributed by atoms with E-state index >= 15 is 0 Å². The standard InChI is InChI=1S/C26H27N3O/c1-28-16-17-29(20-28)22-9-7-11-24(19-22)30-23-10-6-8-21(18-23)26(13-3-4-14-26)25-12-2-5-15-27-25/h2,5-12,15-19H,3-4,13-14,20H2,1H3. The topological polar surface area (TPSA) is 28.6 Å². The van der Waals surface area contributed by atoms with Crippen molar-refractivity contribution in [2.24, 2.45) is 0 Å². The number of pyridine rings is 1. The van der Waals surface area contributed by atoms with E-state index in [1.807, 2.05) is 30.5 Å². The molecule has 5 rings (SSSR count). The number of rotatable bonds is 5. The lowest BCUT2D eigenvalue weighted by molar-refractivity contribution is 0.473. The molecule has 2 aromatic carbocycles. The summed E-state index contributed by atoms with van der Waals surface area (Å²) >= 11 is 0. The first-order valence-electron chi connectivity index (χ1n) is 10.7. The Hall–Kier alpha value is -3.27. The van der Waals surface area contributed by atoms with Crippen molar-refractivity contribution < 1.29 is 4.74 Å². The first-order valence-corrected chi connectivity index (χ1v) is 10.7. The van der Waals surface area contributed by atoms with E-state index < -0.39 is 0 Å². The summed E-state index contributed by atoms with van der Waals surface area (Å²) in [6.45, 7) is 0.853. The molecule has 1 saturated carbocycles. The van der Waals surface area contributed by atoms with Gasteiger partial charge in [0, 0.05) is 42.8 Å². The number of nitrogens with zero attached hydrogens (tertiary/aromatic N) is 3. The van der Waals surface area contributed by atoms with Gasteiger partial charge in [0.25, 0.3) is 0 Å². The van der Waals surface area contributed by atoms with Crippen molar-refractivity contribution in [1.82, 2.24) is 9.88 Å². The first-order chi connectivity index (χ1) is 14.7. The molecule has 1 fully saturated rings. The molecule has 0 amide bonds. The van der Waals surface area contributed by atoms with Crippen LogP contribution >= 0.6 is 0 Å². The number of hydrogen-bond donors (Lipinski definition) is 0. The highest BCUT2D eigenvalue weighted by molar-refractivity contribution is 5.54. The summed E-state index contributed by atoms with van der Waals surface area (Å²) in [6.07, 6.45) is 10.8. The average Bonchev–Trinajstić information content (AvgIpc) is 3.45. The Balaban J connectivity index is 1.43. The number of hydrogen-bond acceptors (Lipinski definition) is 4. The fourth-order valence-corrected chi connectivity index (χ4v) is 4.73. The van der Waals surface area contributed by atoms with E-state index in [4.69, 9.17) is 9.72 Å². The van der Waals surface area contributed by atoms with Gasteiger partial charge in [-0.15, -0.1) is 0 Å². The minimum atomic E-state index is -0.00654. The van der Waals surface area contributed by atoms with Crippen molar-refractivity contribution in [3.8, 4) is 11.5 Å². The number of benzene rings is 2. The summed E-state index contributed by atoms with van der Waals surface area (Å²) in [5.74, 6) is 1.73. The van der Waals surface area contributed by atoms with Crippen molar-refractivity contribution in [1.29, 1.82) is 0 Å². The van der Waals surface area contributed by atoms with Crippen molar-refractivity contribution in [3.63, 3.8) is 0 Å². The molecule has 1 aliphatic heterocycles. The minimum Gasteiger partial charge on any atom is -0.457 e. The van der Waals surface area contributed by atoms with Gasteiger partial charge in [0.1, 0.15) is 11.5 Å². The minimum absolute atomic E-state index is 0.00654.